The predicted molar refractivity (Wildman–Crippen MR) is 130 cm³/mol. The van der Waals surface area contributed by atoms with E-state index in [-0.39, 0.29) is 17.7 Å². The van der Waals surface area contributed by atoms with Crippen LogP contribution in [0.5, 0.6) is 5.75 Å². The van der Waals surface area contributed by atoms with Gasteiger partial charge in [0.1, 0.15) is 5.75 Å². The molecule has 2 heterocycles. The van der Waals surface area contributed by atoms with Gasteiger partial charge in [0, 0.05) is 6.42 Å². The first-order valence-electron chi connectivity index (χ1n) is 10.8. The minimum atomic E-state index is -0.195. The highest BCUT2D eigenvalue weighted by atomic mass is 32.2. The van der Waals surface area contributed by atoms with Gasteiger partial charge in [0.2, 0.25) is 5.16 Å². The number of rotatable bonds is 7. The Bertz CT molecular complexity index is 1290. The topological polar surface area (TPSA) is 85.5 Å². The summed E-state index contributed by atoms with van der Waals surface area (Å²) in [6.07, 6.45) is 0.633. The lowest BCUT2D eigenvalue weighted by Crippen LogP contribution is -2.28. The van der Waals surface area contributed by atoms with E-state index >= 15 is 0 Å². The second kappa shape index (κ2) is 9.88. The molecule has 1 aromatic heterocycles. The summed E-state index contributed by atoms with van der Waals surface area (Å²) in [7, 11) is 1.64. The smallest absolute Gasteiger partial charge is 0.253 e. The Balaban J connectivity index is 1.38. The van der Waals surface area contributed by atoms with E-state index in [1.807, 2.05) is 84.9 Å². The highest BCUT2D eigenvalue weighted by Crippen LogP contribution is 2.34. The number of nitrogens with zero attached hydrogens (tertiary/aromatic N) is 6. The second-order valence-electron chi connectivity index (χ2n) is 7.64. The summed E-state index contributed by atoms with van der Waals surface area (Å²) in [5, 5.41) is 18.8. The highest BCUT2D eigenvalue weighted by molar-refractivity contribution is 7.99. The molecule has 0 fully saturated rings. The number of carbonyl (C=O) groups is 1. The first kappa shape index (κ1) is 21.8. The number of amides is 1. The maximum Gasteiger partial charge on any atom is 0.253 e. The van der Waals surface area contributed by atoms with Crippen LogP contribution in [0.2, 0.25) is 0 Å². The average molecular weight is 471 g/mol. The van der Waals surface area contributed by atoms with Crippen LogP contribution in [-0.2, 0) is 4.79 Å². The van der Waals surface area contributed by atoms with Gasteiger partial charge in [-0.25, -0.2) is 5.01 Å². The number of ether oxygens (including phenoxy) is 1. The monoisotopic (exact) mass is 470 g/mol. The Hall–Kier alpha value is -3.98. The molecule has 1 atom stereocenters. The van der Waals surface area contributed by atoms with E-state index in [9.17, 15) is 4.79 Å². The lowest BCUT2D eigenvalue weighted by Gasteiger charge is -2.22. The van der Waals surface area contributed by atoms with Crippen molar-refractivity contribution < 1.29 is 9.53 Å². The zero-order chi connectivity index (χ0) is 23.3. The fraction of sp³-hybridized carbons (Fsp3) is 0.160. The van der Waals surface area contributed by atoms with E-state index < -0.39 is 0 Å². The number of para-hydroxylation sites is 1. The third-order valence-electron chi connectivity index (χ3n) is 5.54. The fourth-order valence-corrected chi connectivity index (χ4v) is 4.57. The second-order valence-corrected chi connectivity index (χ2v) is 8.58. The summed E-state index contributed by atoms with van der Waals surface area (Å²) in [4.78, 5) is 13.4. The molecule has 0 spiro atoms. The van der Waals surface area contributed by atoms with E-state index in [0.717, 1.165) is 28.3 Å². The highest BCUT2D eigenvalue weighted by Gasteiger charge is 2.33. The number of carbonyl (C=O) groups excluding carboxylic acids is 1. The minimum Gasteiger partial charge on any atom is -0.497 e. The van der Waals surface area contributed by atoms with E-state index in [1.54, 1.807) is 16.8 Å². The minimum absolute atomic E-state index is 0.112. The van der Waals surface area contributed by atoms with Crippen molar-refractivity contribution in [3.05, 3.63) is 96.1 Å². The van der Waals surface area contributed by atoms with Crippen LogP contribution < -0.4 is 4.74 Å². The molecule has 0 radical (unpaired) electrons. The third kappa shape index (κ3) is 4.55. The normalized spacial score (nSPS) is 15.3. The Morgan fingerprint density at radius 2 is 1.71 bits per heavy atom. The first-order chi connectivity index (χ1) is 16.7. The maximum atomic E-state index is 13.4. The summed E-state index contributed by atoms with van der Waals surface area (Å²) in [5.41, 5.74) is 3.73. The van der Waals surface area contributed by atoms with Crippen molar-refractivity contribution in [2.75, 3.05) is 12.9 Å². The fourth-order valence-electron chi connectivity index (χ4n) is 3.82. The lowest BCUT2D eigenvalue weighted by atomic mass is 9.98. The summed E-state index contributed by atoms with van der Waals surface area (Å²) < 4.78 is 6.92. The van der Waals surface area contributed by atoms with Gasteiger partial charge in [0.05, 0.1) is 30.3 Å². The lowest BCUT2D eigenvalue weighted by molar-refractivity contribution is -0.130. The van der Waals surface area contributed by atoms with Crippen molar-refractivity contribution in [2.45, 2.75) is 17.6 Å². The van der Waals surface area contributed by atoms with Gasteiger partial charge in [-0.15, -0.1) is 5.10 Å². The number of hydrogen-bond donors (Lipinski definition) is 0. The SMILES string of the molecule is COc1ccc(C2CC(c3ccccc3)=NN2C(=O)CSc2nnnn2-c2ccccc2)cc1. The van der Waals surface area contributed by atoms with Crippen molar-refractivity contribution >= 4 is 23.4 Å². The van der Waals surface area contributed by atoms with E-state index in [4.69, 9.17) is 9.84 Å². The first-order valence-corrected chi connectivity index (χ1v) is 11.8. The molecule has 34 heavy (non-hydrogen) atoms. The Kier molecular flexibility index (Phi) is 6.35. The maximum absolute atomic E-state index is 13.4. The van der Waals surface area contributed by atoms with Gasteiger partial charge in [-0.3, -0.25) is 4.79 Å². The molecule has 170 valence electrons. The number of aromatic nitrogens is 4. The number of hydrogen-bond acceptors (Lipinski definition) is 7. The van der Waals surface area contributed by atoms with Crippen LogP contribution >= 0.6 is 11.8 Å². The van der Waals surface area contributed by atoms with Crippen LogP contribution in [0.15, 0.2) is 95.2 Å². The van der Waals surface area contributed by atoms with Crippen molar-refractivity contribution in [1.29, 1.82) is 0 Å². The van der Waals surface area contributed by atoms with Crippen molar-refractivity contribution in [1.82, 2.24) is 25.2 Å². The number of tetrazole rings is 1. The molecule has 0 aliphatic carbocycles. The Morgan fingerprint density at radius 1 is 1.00 bits per heavy atom. The summed E-state index contributed by atoms with van der Waals surface area (Å²) >= 11 is 1.29. The molecule has 9 heteroatoms. The van der Waals surface area contributed by atoms with Crippen molar-refractivity contribution in [2.24, 2.45) is 5.10 Å². The van der Waals surface area contributed by atoms with Gasteiger partial charge >= 0.3 is 0 Å². The largest absolute Gasteiger partial charge is 0.497 e. The van der Waals surface area contributed by atoms with Crippen molar-refractivity contribution in [3.8, 4) is 11.4 Å². The number of methoxy groups -OCH3 is 1. The van der Waals surface area contributed by atoms with E-state index in [1.165, 1.54) is 11.8 Å². The zero-order valence-corrected chi connectivity index (χ0v) is 19.3. The van der Waals surface area contributed by atoms with E-state index in [2.05, 4.69) is 15.5 Å². The molecule has 1 aliphatic rings. The standard InChI is InChI=1S/C25H22N6O2S/c1-33-21-14-12-19(13-15-21)23-16-22(18-8-4-2-5-9-18)27-31(23)24(32)17-34-25-26-28-29-30(25)20-10-6-3-7-11-20/h2-15,23H,16-17H2,1H3. The van der Waals surface area contributed by atoms with Gasteiger partial charge in [0.15, 0.2) is 0 Å². The molecule has 4 aromatic rings. The zero-order valence-electron chi connectivity index (χ0n) is 18.5. The van der Waals surface area contributed by atoms with Crippen LogP contribution in [0.25, 0.3) is 5.69 Å². The molecule has 0 bridgehead atoms. The van der Waals surface area contributed by atoms with Crippen LogP contribution in [0.1, 0.15) is 23.6 Å². The van der Waals surface area contributed by atoms with Crippen LogP contribution in [0.4, 0.5) is 0 Å². The van der Waals surface area contributed by atoms with Crippen LogP contribution in [0.3, 0.4) is 0 Å². The summed E-state index contributed by atoms with van der Waals surface area (Å²) in [6.45, 7) is 0. The average Bonchev–Trinajstić information content (AvgIpc) is 3.56. The number of thioether (sulfide) groups is 1. The quantitative estimate of drug-likeness (QED) is 0.378. The molecular weight excluding hydrogens is 448 g/mol. The molecule has 0 N–H and O–H groups in total. The molecule has 5 rings (SSSR count). The summed E-state index contributed by atoms with van der Waals surface area (Å²) in [6, 6.07) is 27.1. The molecular formula is C25H22N6O2S. The van der Waals surface area contributed by atoms with Crippen LogP contribution in [0, 0.1) is 0 Å². The van der Waals surface area contributed by atoms with Gasteiger partial charge in [-0.05, 0) is 45.8 Å². The van der Waals surface area contributed by atoms with Gasteiger partial charge in [0.25, 0.3) is 5.91 Å². The molecule has 3 aromatic carbocycles. The van der Waals surface area contributed by atoms with E-state index in [0.29, 0.717) is 11.6 Å². The molecule has 1 amide bonds. The number of benzene rings is 3. The Morgan fingerprint density at radius 3 is 2.41 bits per heavy atom. The third-order valence-corrected chi connectivity index (χ3v) is 6.44. The number of hydrazone groups is 1. The molecule has 0 saturated heterocycles. The summed E-state index contributed by atoms with van der Waals surface area (Å²) in [5.74, 6) is 0.817. The molecule has 1 unspecified atom stereocenters. The predicted octanol–water partition coefficient (Wildman–Crippen LogP) is 4.14. The van der Waals surface area contributed by atoms with Gasteiger partial charge in [-0.2, -0.15) is 9.78 Å². The van der Waals surface area contributed by atoms with Crippen LogP contribution in [-0.4, -0.2) is 49.7 Å². The van der Waals surface area contributed by atoms with Gasteiger partial charge in [-0.1, -0.05) is 72.4 Å². The molecule has 8 nitrogen and oxygen atoms in total. The molecule has 1 aliphatic heterocycles. The van der Waals surface area contributed by atoms with Gasteiger partial charge < -0.3 is 4.74 Å². The Labute approximate surface area is 201 Å². The van der Waals surface area contributed by atoms with Crippen molar-refractivity contribution in [3.63, 3.8) is 0 Å². The molecule has 0 saturated carbocycles.